The molecule has 1 aromatic carbocycles. The van der Waals surface area contributed by atoms with E-state index in [1.165, 1.54) is 11.3 Å². The van der Waals surface area contributed by atoms with Crippen LogP contribution in [0, 0.1) is 5.92 Å². The molecule has 0 atom stereocenters. The molecule has 0 aliphatic rings. The first-order valence-corrected chi connectivity index (χ1v) is 8.22. The Labute approximate surface area is 139 Å². The lowest BCUT2D eigenvalue weighted by Crippen LogP contribution is -2.33. The van der Waals surface area contributed by atoms with E-state index in [9.17, 15) is 4.79 Å². The third-order valence-electron chi connectivity index (χ3n) is 2.68. The van der Waals surface area contributed by atoms with Crippen LogP contribution >= 0.6 is 23.6 Å². The highest BCUT2D eigenvalue weighted by Crippen LogP contribution is 2.24. The molecule has 2 N–H and O–H groups in total. The molecule has 0 aliphatic heterocycles. The van der Waals surface area contributed by atoms with Gasteiger partial charge in [0.05, 0.1) is 17.2 Å². The smallest absolute Gasteiger partial charge is 0.267 e. The first kappa shape index (κ1) is 16.5. The summed E-state index contributed by atoms with van der Waals surface area (Å²) in [5.74, 6) is 0.926. The molecule has 0 fully saturated rings. The second-order valence-corrected chi connectivity index (χ2v) is 6.44. The maximum absolute atomic E-state index is 11.9. The number of carbonyl (C=O) groups is 1. The van der Waals surface area contributed by atoms with Crippen molar-refractivity contribution in [2.24, 2.45) is 5.92 Å². The molecule has 0 unspecified atom stereocenters. The fraction of sp³-hybridized carbons (Fsp3) is 0.250. The van der Waals surface area contributed by atoms with Crippen molar-refractivity contribution < 1.29 is 9.53 Å². The molecule has 0 radical (unpaired) electrons. The summed E-state index contributed by atoms with van der Waals surface area (Å²) in [5, 5.41) is 7.76. The molecular weight excluding hydrogens is 316 g/mol. The van der Waals surface area contributed by atoms with Crippen LogP contribution in [0.4, 0.5) is 5.69 Å². The summed E-state index contributed by atoms with van der Waals surface area (Å²) < 4.78 is 5.74. The first-order valence-electron chi connectivity index (χ1n) is 6.94. The van der Waals surface area contributed by atoms with E-state index >= 15 is 0 Å². The van der Waals surface area contributed by atoms with Crippen molar-refractivity contribution in [2.75, 3.05) is 11.9 Å². The topological polar surface area (TPSA) is 50.4 Å². The highest BCUT2D eigenvalue weighted by molar-refractivity contribution is 7.80. The van der Waals surface area contributed by atoms with Gasteiger partial charge in [0.25, 0.3) is 5.91 Å². The summed E-state index contributed by atoms with van der Waals surface area (Å²) in [6, 6.07) is 11.1. The van der Waals surface area contributed by atoms with Gasteiger partial charge in [-0.25, -0.2) is 0 Å². The zero-order chi connectivity index (χ0) is 15.9. The molecular formula is C16H18N2O2S2. The molecule has 0 saturated heterocycles. The van der Waals surface area contributed by atoms with E-state index < -0.39 is 0 Å². The Kier molecular flexibility index (Phi) is 5.91. The summed E-state index contributed by atoms with van der Waals surface area (Å²) >= 11 is 6.56. The van der Waals surface area contributed by atoms with Gasteiger partial charge in [-0.15, -0.1) is 11.3 Å². The van der Waals surface area contributed by atoms with E-state index in [1.54, 1.807) is 6.07 Å². The summed E-state index contributed by atoms with van der Waals surface area (Å²) in [4.78, 5) is 12.6. The number of nitrogens with one attached hydrogen (secondary N) is 2. The lowest BCUT2D eigenvalue weighted by atomic mass is 10.2. The molecule has 1 amide bonds. The Balaban J connectivity index is 1.98. The van der Waals surface area contributed by atoms with Crippen LogP contribution in [0.2, 0.25) is 0 Å². The quantitative estimate of drug-likeness (QED) is 0.814. The number of thiophene rings is 1. The number of carbonyl (C=O) groups excluding carboxylic acids is 1. The van der Waals surface area contributed by atoms with E-state index in [0.29, 0.717) is 23.2 Å². The van der Waals surface area contributed by atoms with Gasteiger partial charge in [0.1, 0.15) is 5.75 Å². The largest absolute Gasteiger partial charge is 0.491 e. The standard InChI is InChI=1S/C16H18N2O2S2/c1-11(2)10-20-13-7-4-3-6-12(13)17-16(21)18-15(19)14-8-5-9-22-14/h3-9,11H,10H2,1-2H3,(H2,17,18,19,21). The lowest BCUT2D eigenvalue weighted by Gasteiger charge is -2.15. The van der Waals surface area contributed by atoms with E-state index in [-0.39, 0.29) is 11.0 Å². The van der Waals surface area contributed by atoms with Crippen molar-refractivity contribution in [3.05, 3.63) is 46.7 Å². The maximum Gasteiger partial charge on any atom is 0.267 e. The molecule has 2 rings (SSSR count). The monoisotopic (exact) mass is 334 g/mol. The first-order chi connectivity index (χ1) is 10.6. The zero-order valence-corrected chi connectivity index (χ0v) is 14.1. The van der Waals surface area contributed by atoms with E-state index in [2.05, 4.69) is 24.5 Å². The molecule has 1 aromatic heterocycles. The fourth-order valence-electron chi connectivity index (χ4n) is 1.68. The second kappa shape index (κ2) is 7.91. The summed E-state index contributed by atoms with van der Waals surface area (Å²) in [5.41, 5.74) is 0.736. The molecule has 4 nitrogen and oxygen atoms in total. The molecule has 0 bridgehead atoms. The SMILES string of the molecule is CC(C)COc1ccccc1NC(=S)NC(=O)c1cccs1. The van der Waals surface area contributed by atoms with E-state index in [4.69, 9.17) is 17.0 Å². The Morgan fingerprint density at radius 1 is 1.27 bits per heavy atom. The van der Waals surface area contributed by atoms with Crippen molar-refractivity contribution in [3.8, 4) is 5.75 Å². The highest BCUT2D eigenvalue weighted by atomic mass is 32.1. The van der Waals surface area contributed by atoms with Crippen LogP contribution in [0.15, 0.2) is 41.8 Å². The highest BCUT2D eigenvalue weighted by Gasteiger charge is 2.10. The predicted octanol–water partition coefficient (Wildman–Crippen LogP) is 3.91. The van der Waals surface area contributed by atoms with Crippen molar-refractivity contribution in [2.45, 2.75) is 13.8 Å². The molecule has 0 spiro atoms. The van der Waals surface area contributed by atoms with Crippen molar-refractivity contribution in [1.82, 2.24) is 5.32 Å². The van der Waals surface area contributed by atoms with E-state index in [0.717, 1.165) is 5.69 Å². The molecule has 116 valence electrons. The van der Waals surface area contributed by atoms with Crippen LogP contribution < -0.4 is 15.4 Å². The van der Waals surface area contributed by atoms with Crippen LogP contribution in [0.5, 0.6) is 5.75 Å². The average Bonchev–Trinajstić information content (AvgIpc) is 3.00. The van der Waals surface area contributed by atoms with Crippen molar-refractivity contribution >= 4 is 40.3 Å². The van der Waals surface area contributed by atoms with Gasteiger partial charge in [-0.2, -0.15) is 0 Å². The summed E-state index contributed by atoms with van der Waals surface area (Å²) in [6.07, 6.45) is 0. The molecule has 22 heavy (non-hydrogen) atoms. The van der Waals surface area contributed by atoms with Crippen LogP contribution in [0.25, 0.3) is 0 Å². The van der Waals surface area contributed by atoms with Crippen LogP contribution in [-0.4, -0.2) is 17.6 Å². The minimum absolute atomic E-state index is 0.215. The Hall–Kier alpha value is -1.92. The van der Waals surface area contributed by atoms with Crippen LogP contribution in [0.1, 0.15) is 23.5 Å². The van der Waals surface area contributed by atoms with Crippen molar-refractivity contribution in [3.63, 3.8) is 0 Å². The lowest BCUT2D eigenvalue weighted by molar-refractivity contribution is 0.0981. The Morgan fingerprint density at radius 2 is 2.05 bits per heavy atom. The van der Waals surface area contributed by atoms with Gasteiger partial charge < -0.3 is 10.1 Å². The van der Waals surface area contributed by atoms with E-state index in [1.807, 2.05) is 35.7 Å². The van der Waals surface area contributed by atoms with Gasteiger partial charge >= 0.3 is 0 Å². The van der Waals surface area contributed by atoms with Crippen molar-refractivity contribution in [1.29, 1.82) is 0 Å². The van der Waals surface area contributed by atoms with Gasteiger partial charge in [0, 0.05) is 0 Å². The van der Waals surface area contributed by atoms with Crippen LogP contribution in [-0.2, 0) is 0 Å². The third-order valence-corrected chi connectivity index (χ3v) is 3.75. The minimum atomic E-state index is -0.215. The number of hydrogen-bond donors (Lipinski definition) is 2. The predicted molar refractivity (Wildman–Crippen MR) is 94.8 cm³/mol. The normalized spacial score (nSPS) is 10.3. The average molecular weight is 334 g/mol. The number of anilines is 1. The molecule has 0 saturated carbocycles. The minimum Gasteiger partial charge on any atom is -0.491 e. The summed E-state index contributed by atoms with van der Waals surface area (Å²) in [6.45, 7) is 4.79. The number of ether oxygens (including phenoxy) is 1. The molecule has 0 aliphatic carbocycles. The Bertz CT molecular complexity index is 639. The Morgan fingerprint density at radius 3 is 2.73 bits per heavy atom. The molecule has 6 heteroatoms. The number of benzene rings is 1. The number of hydrogen-bond acceptors (Lipinski definition) is 4. The summed E-state index contributed by atoms with van der Waals surface area (Å²) in [7, 11) is 0. The number of amides is 1. The van der Waals surface area contributed by atoms with Gasteiger partial charge in [0.15, 0.2) is 5.11 Å². The fourth-order valence-corrected chi connectivity index (χ4v) is 2.50. The van der Waals surface area contributed by atoms with Crippen LogP contribution in [0.3, 0.4) is 0 Å². The van der Waals surface area contributed by atoms with Gasteiger partial charge in [0.2, 0.25) is 0 Å². The molecule has 2 aromatic rings. The maximum atomic E-state index is 11.9. The van der Waals surface area contributed by atoms with Gasteiger partial charge in [-0.1, -0.05) is 32.0 Å². The second-order valence-electron chi connectivity index (χ2n) is 5.09. The van der Waals surface area contributed by atoms with Gasteiger partial charge in [-0.3, -0.25) is 10.1 Å². The number of para-hydroxylation sites is 2. The number of thiocarbonyl (C=S) groups is 1. The number of rotatable bonds is 5. The molecule has 1 heterocycles. The third kappa shape index (κ3) is 4.82. The van der Waals surface area contributed by atoms with Gasteiger partial charge in [-0.05, 0) is 41.7 Å². The zero-order valence-electron chi connectivity index (χ0n) is 12.5.